The summed E-state index contributed by atoms with van der Waals surface area (Å²) in [6.45, 7) is 2.57. The lowest BCUT2D eigenvalue weighted by atomic mass is 9.58. The molecule has 0 N–H and O–H groups in total. The van der Waals surface area contributed by atoms with Gasteiger partial charge < -0.3 is 9.64 Å². The maximum absolute atomic E-state index is 7.42. The van der Waals surface area contributed by atoms with Crippen molar-refractivity contribution in [3.63, 3.8) is 0 Å². The van der Waals surface area contributed by atoms with Crippen LogP contribution < -0.4 is 0 Å². The summed E-state index contributed by atoms with van der Waals surface area (Å²) in [7, 11) is 4.49. The number of nitrogens with zero attached hydrogens (tertiary/aromatic N) is 2. The summed E-state index contributed by atoms with van der Waals surface area (Å²) in [5.74, 6) is 1.20. The number of hydrogen-bond acceptors (Lipinski definition) is 3. The average Bonchev–Trinajstić information content (AvgIpc) is 3.33. The lowest BCUT2D eigenvalue weighted by Gasteiger charge is -2.54. The third-order valence-corrected chi connectivity index (χ3v) is 10.5. The molecular formula is C30H36N2O. The lowest BCUT2D eigenvalue weighted by molar-refractivity contribution is -0.139. The molecule has 2 saturated carbocycles. The topological polar surface area (TPSA) is 25.4 Å². The zero-order chi connectivity index (χ0) is 22.4. The van der Waals surface area contributed by atoms with E-state index in [0.717, 1.165) is 0 Å². The van der Waals surface area contributed by atoms with Gasteiger partial charge in [0.25, 0.3) is 0 Å². The second kappa shape index (κ2) is 6.79. The van der Waals surface area contributed by atoms with Gasteiger partial charge in [0.05, 0.1) is 11.2 Å². The van der Waals surface area contributed by atoms with Gasteiger partial charge in [0.2, 0.25) is 0 Å². The summed E-state index contributed by atoms with van der Waals surface area (Å²) in [5, 5.41) is 2.56. The molecule has 6 atom stereocenters. The van der Waals surface area contributed by atoms with E-state index in [1.165, 1.54) is 73.3 Å². The fraction of sp³-hybridized carbons (Fsp3) is 0.567. The molecule has 2 aromatic rings. The van der Waals surface area contributed by atoms with E-state index < -0.39 is 0 Å². The average molecular weight is 441 g/mol. The molecule has 1 aromatic heterocycles. The molecule has 2 bridgehead atoms. The second-order valence-corrected chi connectivity index (χ2v) is 12.0. The summed E-state index contributed by atoms with van der Waals surface area (Å²) >= 11 is 0. The van der Waals surface area contributed by atoms with Crippen molar-refractivity contribution in [1.29, 1.82) is 0 Å². The molecule has 5 aliphatic rings. The van der Waals surface area contributed by atoms with Gasteiger partial charge in [-0.05, 0) is 117 Å². The van der Waals surface area contributed by atoms with Crippen LogP contribution in [0.15, 0.2) is 60.0 Å². The normalized spacial score (nSPS) is 41.4. The Morgan fingerprint density at radius 2 is 1.97 bits per heavy atom. The van der Waals surface area contributed by atoms with Crippen LogP contribution in [0.25, 0.3) is 10.8 Å². The van der Waals surface area contributed by atoms with E-state index in [2.05, 4.69) is 67.3 Å². The highest BCUT2D eigenvalue weighted by molar-refractivity contribution is 5.82. The van der Waals surface area contributed by atoms with E-state index in [-0.39, 0.29) is 16.6 Å². The Balaban J connectivity index is 1.28. The van der Waals surface area contributed by atoms with Crippen LogP contribution in [0.4, 0.5) is 0 Å². The second-order valence-electron chi connectivity index (χ2n) is 12.0. The monoisotopic (exact) mass is 440 g/mol. The predicted octanol–water partition coefficient (Wildman–Crippen LogP) is 6.41. The van der Waals surface area contributed by atoms with Crippen molar-refractivity contribution in [1.82, 2.24) is 9.88 Å². The zero-order valence-corrected chi connectivity index (χ0v) is 20.3. The standard InChI is InChI=1S/C30H36N2O/c1-28-12-10-24-17-23-6-7-25(32(2)3)18-29(23)13-14-30(24,33-29)27(28)9-8-26(28)21-5-4-20-11-15-31-19-22(20)16-21/h4-5,10-11,15-17,19,25-27H,6-9,12-14,18H2,1-3H3/t25-,26-,27-,28-,29?,30-/m1/s1. The van der Waals surface area contributed by atoms with Crippen LogP contribution in [0, 0.1) is 11.3 Å². The van der Waals surface area contributed by atoms with Crippen LogP contribution in [-0.2, 0) is 4.74 Å². The van der Waals surface area contributed by atoms with Crippen molar-refractivity contribution < 1.29 is 4.74 Å². The number of benzene rings is 1. The Morgan fingerprint density at radius 1 is 1.06 bits per heavy atom. The maximum atomic E-state index is 7.42. The molecule has 2 aliphatic heterocycles. The Labute approximate surface area is 197 Å². The first-order valence-electron chi connectivity index (χ1n) is 13.1. The van der Waals surface area contributed by atoms with Gasteiger partial charge in [0.15, 0.2) is 0 Å². The maximum Gasteiger partial charge on any atom is 0.0974 e. The van der Waals surface area contributed by atoms with Gasteiger partial charge in [0, 0.05) is 23.8 Å². The van der Waals surface area contributed by atoms with Crippen LogP contribution in [0.5, 0.6) is 0 Å². The number of aromatic nitrogens is 1. The number of allylic oxidation sites excluding steroid dienone is 1. The number of ether oxygens (including phenoxy) is 1. The SMILES string of the molecule is CN(C)[C@@H]1CCC2=CC3=CC[C@]4(C)[C@@H](c5ccc6ccncc6c5)CC[C@H]4[C@@]34CCC2(C1)O4. The fourth-order valence-corrected chi connectivity index (χ4v) is 8.69. The first kappa shape index (κ1) is 20.4. The first-order chi connectivity index (χ1) is 15.9. The molecule has 33 heavy (non-hydrogen) atoms. The highest BCUT2D eigenvalue weighted by atomic mass is 16.5. The third kappa shape index (κ3) is 2.67. The van der Waals surface area contributed by atoms with Crippen molar-refractivity contribution in [2.75, 3.05) is 14.1 Å². The van der Waals surface area contributed by atoms with Gasteiger partial charge in [-0.1, -0.05) is 31.2 Å². The van der Waals surface area contributed by atoms with E-state index >= 15 is 0 Å². The van der Waals surface area contributed by atoms with Gasteiger partial charge in [-0.25, -0.2) is 0 Å². The van der Waals surface area contributed by atoms with E-state index in [0.29, 0.717) is 17.9 Å². The Hall–Kier alpha value is -1.97. The van der Waals surface area contributed by atoms with Crippen LogP contribution in [0.3, 0.4) is 0 Å². The highest BCUT2D eigenvalue weighted by Crippen LogP contribution is 2.69. The van der Waals surface area contributed by atoms with Gasteiger partial charge >= 0.3 is 0 Å². The Bertz CT molecular complexity index is 1200. The van der Waals surface area contributed by atoms with Crippen molar-refractivity contribution >= 4 is 10.8 Å². The molecule has 3 fully saturated rings. The minimum absolute atomic E-state index is 0.00448. The molecule has 1 unspecified atom stereocenters. The van der Waals surface area contributed by atoms with Crippen molar-refractivity contribution in [2.45, 2.75) is 81.5 Å². The van der Waals surface area contributed by atoms with Gasteiger partial charge in [-0.15, -0.1) is 0 Å². The molecule has 1 aromatic carbocycles. The number of fused-ring (bicyclic) bond motifs is 2. The molecule has 3 aliphatic carbocycles. The summed E-state index contributed by atoms with van der Waals surface area (Å²) in [6.07, 6.45) is 18.9. The van der Waals surface area contributed by atoms with Crippen LogP contribution in [0.1, 0.15) is 69.8 Å². The van der Waals surface area contributed by atoms with Crippen molar-refractivity contribution in [2.24, 2.45) is 11.3 Å². The molecule has 2 spiro atoms. The molecular weight excluding hydrogens is 404 g/mol. The summed E-state index contributed by atoms with van der Waals surface area (Å²) in [6, 6.07) is 9.86. The zero-order valence-electron chi connectivity index (χ0n) is 20.3. The van der Waals surface area contributed by atoms with Gasteiger partial charge in [-0.2, -0.15) is 0 Å². The van der Waals surface area contributed by atoms with Gasteiger partial charge in [-0.3, -0.25) is 4.98 Å². The minimum Gasteiger partial charge on any atom is -0.359 e. The van der Waals surface area contributed by atoms with Crippen molar-refractivity contribution in [3.05, 3.63) is 65.5 Å². The van der Waals surface area contributed by atoms with Crippen molar-refractivity contribution in [3.8, 4) is 0 Å². The van der Waals surface area contributed by atoms with E-state index in [1.807, 2.05) is 12.4 Å². The predicted molar refractivity (Wildman–Crippen MR) is 133 cm³/mol. The number of hydrogen-bond donors (Lipinski definition) is 0. The van der Waals surface area contributed by atoms with E-state index in [4.69, 9.17) is 4.74 Å². The molecule has 0 amide bonds. The minimum atomic E-state index is -0.0577. The van der Waals surface area contributed by atoms with Crippen LogP contribution in [0.2, 0.25) is 0 Å². The Kier molecular flexibility index (Phi) is 4.20. The Morgan fingerprint density at radius 3 is 2.85 bits per heavy atom. The molecule has 1 saturated heterocycles. The smallest absolute Gasteiger partial charge is 0.0974 e. The van der Waals surface area contributed by atoms with E-state index in [1.54, 1.807) is 5.57 Å². The molecule has 3 nitrogen and oxygen atoms in total. The van der Waals surface area contributed by atoms with Gasteiger partial charge in [0.1, 0.15) is 0 Å². The summed E-state index contributed by atoms with van der Waals surface area (Å²) < 4.78 is 7.42. The third-order valence-electron chi connectivity index (χ3n) is 10.5. The fourth-order valence-electron chi connectivity index (χ4n) is 8.69. The molecule has 3 heteroatoms. The molecule has 172 valence electrons. The van der Waals surface area contributed by atoms with Crippen LogP contribution in [-0.4, -0.2) is 41.2 Å². The summed E-state index contributed by atoms with van der Waals surface area (Å²) in [5.41, 5.74) is 4.82. The molecule has 0 radical (unpaired) electrons. The molecule has 3 heterocycles. The van der Waals surface area contributed by atoms with Crippen LogP contribution >= 0.6 is 0 Å². The van der Waals surface area contributed by atoms with E-state index in [9.17, 15) is 0 Å². The quantitative estimate of drug-likeness (QED) is 0.540. The lowest BCUT2D eigenvalue weighted by Crippen LogP contribution is -2.55. The first-order valence-corrected chi connectivity index (χ1v) is 13.1. The summed E-state index contributed by atoms with van der Waals surface area (Å²) in [4.78, 5) is 6.81. The molecule has 7 rings (SSSR count). The largest absolute Gasteiger partial charge is 0.359 e. The number of pyridine rings is 1. The highest BCUT2D eigenvalue weighted by Gasteiger charge is 2.66. The number of rotatable bonds is 2.